The molecule has 0 saturated carbocycles. The topological polar surface area (TPSA) is 72.6 Å². The third kappa shape index (κ3) is 3.99. The van der Waals surface area contributed by atoms with Crippen LogP contribution in [0.2, 0.25) is 0 Å². The highest BCUT2D eigenvalue weighted by Gasteiger charge is 2.16. The van der Waals surface area contributed by atoms with Crippen molar-refractivity contribution >= 4 is 21.6 Å². The first-order valence-electron chi connectivity index (χ1n) is 5.95. The van der Waals surface area contributed by atoms with Gasteiger partial charge in [0.25, 0.3) is 0 Å². The summed E-state index contributed by atoms with van der Waals surface area (Å²) in [5.41, 5.74) is 0.724. The van der Waals surface area contributed by atoms with Gasteiger partial charge in [0.05, 0.1) is 11.5 Å². The number of hydrogen-bond acceptors (Lipinski definition) is 4. The summed E-state index contributed by atoms with van der Waals surface area (Å²) >= 11 is 3.16. The molecule has 0 amide bonds. The average Bonchev–Trinajstić information content (AvgIpc) is 2.43. The van der Waals surface area contributed by atoms with Crippen molar-refractivity contribution in [3.8, 4) is 5.75 Å². The van der Waals surface area contributed by atoms with Crippen molar-refractivity contribution in [2.75, 3.05) is 0 Å². The maximum absolute atomic E-state index is 13.2. The van der Waals surface area contributed by atoms with Gasteiger partial charge in [0, 0.05) is 10.5 Å². The summed E-state index contributed by atoms with van der Waals surface area (Å²) < 4.78 is 19.2. The molecule has 0 radical (unpaired) electrons. The molecule has 7 heteroatoms. The predicted octanol–water partition coefficient (Wildman–Crippen LogP) is 3.57. The molecule has 0 fully saturated rings. The molecule has 0 aliphatic heterocycles. The van der Waals surface area contributed by atoms with Crippen molar-refractivity contribution in [2.45, 2.75) is 13.2 Å². The lowest BCUT2D eigenvalue weighted by Crippen LogP contribution is -2.00. The monoisotopic (exact) mass is 355 g/mol. The Bertz CT molecular complexity index is 658. The van der Waals surface area contributed by atoms with Crippen molar-refractivity contribution in [1.82, 2.24) is 0 Å². The second kappa shape index (κ2) is 6.64. The molecule has 0 aliphatic rings. The molecule has 0 spiro atoms. The van der Waals surface area contributed by atoms with Gasteiger partial charge in [-0.2, -0.15) is 0 Å². The Morgan fingerprint density at radius 2 is 2.00 bits per heavy atom. The molecule has 21 heavy (non-hydrogen) atoms. The molecule has 110 valence electrons. The molecule has 0 bridgehead atoms. The molecule has 2 aromatic carbocycles. The van der Waals surface area contributed by atoms with Gasteiger partial charge in [0.2, 0.25) is 0 Å². The lowest BCUT2D eigenvalue weighted by atomic mass is 10.2. The molecule has 1 N–H and O–H groups in total. The highest BCUT2D eigenvalue weighted by Crippen LogP contribution is 2.29. The fourth-order valence-electron chi connectivity index (χ4n) is 1.78. The average molecular weight is 356 g/mol. The van der Waals surface area contributed by atoms with E-state index in [0.29, 0.717) is 15.6 Å². The first-order chi connectivity index (χ1) is 9.99. The van der Waals surface area contributed by atoms with Crippen LogP contribution in [0.1, 0.15) is 11.1 Å². The number of hydrogen-bond donors (Lipinski definition) is 1. The second-order valence-electron chi connectivity index (χ2n) is 4.28. The third-order valence-corrected chi connectivity index (χ3v) is 3.18. The van der Waals surface area contributed by atoms with E-state index >= 15 is 0 Å². The number of ether oxygens (including phenoxy) is 1. The zero-order valence-corrected chi connectivity index (χ0v) is 12.3. The molecular weight excluding hydrogens is 345 g/mol. The van der Waals surface area contributed by atoms with E-state index < -0.39 is 10.7 Å². The van der Waals surface area contributed by atoms with Crippen LogP contribution in [0, 0.1) is 15.9 Å². The maximum atomic E-state index is 13.2. The number of nitro benzene ring substituents is 1. The van der Waals surface area contributed by atoms with E-state index in [1.165, 1.54) is 30.3 Å². The first kappa shape index (κ1) is 15.4. The fourth-order valence-corrected chi connectivity index (χ4v) is 2.29. The maximum Gasteiger partial charge on any atom is 0.311 e. The molecule has 2 aromatic rings. The summed E-state index contributed by atoms with van der Waals surface area (Å²) in [6, 6.07) is 8.45. The van der Waals surface area contributed by atoms with Crippen LogP contribution >= 0.6 is 15.9 Å². The Hall–Kier alpha value is -1.99. The quantitative estimate of drug-likeness (QED) is 0.657. The van der Waals surface area contributed by atoms with Crippen LogP contribution in [0.15, 0.2) is 40.9 Å². The number of halogens is 2. The van der Waals surface area contributed by atoms with E-state index in [1.807, 2.05) is 0 Å². The van der Waals surface area contributed by atoms with Crippen LogP contribution in [0.5, 0.6) is 5.75 Å². The van der Waals surface area contributed by atoms with Crippen LogP contribution in [0.25, 0.3) is 0 Å². The lowest BCUT2D eigenvalue weighted by molar-refractivity contribution is -0.386. The van der Waals surface area contributed by atoms with Gasteiger partial charge in [0.1, 0.15) is 12.4 Å². The minimum absolute atomic E-state index is 0.00429. The summed E-state index contributed by atoms with van der Waals surface area (Å²) in [6.07, 6.45) is 0. The Labute approximate surface area is 128 Å². The fraction of sp³-hybridized carbons (Fsp3) is 0.143. The molecule has 0 unspecified atom stereocenters. The molecule has 0 saturated heterocycles. The van der Waals surface area contributed by atoms with Gasteiger partial charge in [-0.25, -0.2) is 4.39 Å². The third-order valence-electron chi connectivity index (χ3n) is 2.72. The van der Waals surface area contributed by atoms with Gasteiger partial charge in [-0.3, -0.25) is 10.1 Å². The van der Waals surface area contributed by atoms with Crippen molar-refractivity contribution in [2.24, 2.45) is 0 Å². The Morgan fingerprint density at radius 1 is 1.24 bits per heavy atom. The van der Waals surface area contributed by atoms with E-state index in [0.717, 1.165) is 0 Å². The van der Waals surface area contributed by atoms with Crippen LogP contribution < -0.4 is 4.74 Å². The standard InChI is InChI=1S/C14H11BrFNO4/c15-11-3-10(4-12(16)6-11)8-21-14-2-1-9(7-18)5-13(14)17(19)20/h1-6,18H,7-8H2. The van der Waals surface area contributed by atoms with Gasteiger partial charge in [-0.15, -0.1) is 0 Å². The number of benzene rings is 2. The summed E-state index contributed by atoms with van der Waals surface area (Å²) in [6.45, 7) is -0.298. The Balaban J connectivity index is 2.21. The van der Waals surface area contributed by atoms with Gasteiger partial charge in [-0.1, -0.05) is 22.0 Å². The summed E-state index contributed by atoms with van der Waals surface area (Å²) in [5.74, 6) is -0.356. The minimum Gasteiger partial charge on any atom is -0.482 e. The molecule has 0 atom stereocenters. The number of aliphatic hydroxyl groups excluding tert-OH is 1. The molecule has 5 nitrogen and oxygen atoms in total. The van der Waals surface area contributed by atoms with E-state index in [9.17, 15) is 14.5 Å². The normalized spacial score (nSPS) is 10.4. The van der Waals surface area contributed by atoms with E-state index in [2.05, 4.69) is 15.9 Å². The second-order valence-corrected chi connectivity index (χ2v) is 5.20. The number of nitro groups is 1. The smallest absolute Gasteiger partial charge is 0.311 e. The number of rotatable bonds is 5. The molecule has 0 aliphatic carbocycles. The summed E-state index contributed by atoms with van der Waals surface area (Å²) in [5, 5.41) is 20.0. The molecule has 2 rings (SSSR count). The predicted molar refractivity (Wildman–Crippen MR) is 77.5 cm³/mol. The van der Waals surface area contributed by atoms with Crippen LogP contribution in [0.3, 0.4) is 0 Å². The van der Waals surface area contributed by atoms with Crippen molar-refractivity contribution < 1.29 is 19.2 Å². The minimum atomic E-state index is -0.587. The first-order valence-corrected chi connectivity index (χ1v) is 6.75. The van der Waals surface area contributed by atoms with Gasteiger partial charge in [-0.05, 0) is 35.4 Å². The van der Waals surface area contributed by atoms with E-state index in [-0.39, 0.29) is 24.7 Å². The van der Waals surface area contributed by atoms with Crippen molar-refractivity contribution in [1.29, 1.82) is 0 Å². The Kier molecular flexibility index (Phi) is 4.87. The van der Waals surface area contributed by atoms with Crippen LogP contribution in [-0.2, 0) is 13.2 Å². The largest absolute Gasteiger partial charge is 0.482 e. The Morgan fingerprint density at radius 3 is 2.62 bits per heavy atom. The highest BCUT2D eigenvalue weighted by molar-refractivity contribution is 9.10. The van der Waals surface area contributed by atoms with Crippen LogP contribution in [0.4, 0.5) is 10.1 Å². The van der Waals surface area contributed by atoms with E-state index in [4.69, 9.17) is 9.84 Å². The van der Waals surface area contributed by atoms with Gasteiger partial charge in [0.15, 0.2) is 5.75 Å². The number of nitrogens with zero attached hydrogens (tertiary/aromatic N) is 1. The molecule has 0 aromatic heterocycles. The summed E-state index contributed by atoms with van der Waals surface area (Å²) in [4.78, 5) is 10.4. The van der Waals surface area contributed by atoms with Gasteiger partial charge >= 0.3 is 5.69 Å². The van der Waals surface area contributed by atoms with Crippen molar-refractivity contribution in [3.63, 3.8) is 0 Å². The zero-order valence-electron chi connectivity index (χ0n) is 10.8. The van der Waals surface area contributed by atoms with Gasteiger partial charge < -0.3 is 9.84 Å². The SMILES string of the molecule is O=[N+]([O-])c1cc(CO)ccc1OCc1cc(F)cc(Br)c1. The molecular formula is C14H11BrFNO4. The number of aliphatic hydroxyl groups is 1. The highest BCUT2D eigenvalue weighted by atomic mass is 79.9. The van der Waals surface area contributed by atoms with Crippen molar-refractivity contribution in [3.05, 3.63) is 67.9 Å². The van der Waals surface area contributed by atoms with E-state index in [1.54, 1.807) is 6.07 Å². The summed E-state index contributed by atoms with van der Waals surface area (Å²) in [7, 11) is 0. The molecule has 0 heterocycles. The lowest BCUT2D eigenvalue weighted by Gasteiger charge is -2.08. The van der Waals surface area contributed by atoms with Crippen LogP contribution in [-0.4, -0.2) is 10.0 Å². The zero-order chi connectivity index (χ0) is 15.4.